The van der Waals surface area contributed by atoms with Crippen LogP contribution >= 0.6 is 24.8 Å². The van der Waals surface area contributed by atoms with Crippen LogP contribution in [-0.2, 0) is 10.0 Å². The van der Waals surface area contributed by atoms with Crippen LogP contribution in [-0.4, -0.2) is 57.5 Å². The van der Waals surface area contributed by atoms with Crippen LogP contribution in [0.3, 0.4) is 0 Å². The molecule has 144 valence electrons. The van der Waals surface area contributed by atoms with Gasteiger partial charge in [-0.25, -0.2) is 17.5 Å². The number of hydrogen-bond donors (Lipinski definition) is 2. The van der Waals surface area contributed by atoms with Crippen molar-refractivity contribution in [2.75, 3.05) is 39.3 Å². The summed E-state index contributed by atoms with van der Waals surface area (Å²) in [6.07, 6.45) is 0. The quantitative estimate of drug-likeness (QED) is 0.528. The van der Waals surface area contributed by atoms with E-state index in [1.165, 1.54) is 6.92 Å². The SMILES string of the molecule is Cc1c(F)cc(S(=O)(=O)NCCN2CCNCC2)cc1[N+](=O)[O-].Cl.Cl. The Bertz CT molecular complexity index is 700. The summed E-state index contributed by atoms with van der Waals surface area (Å²) in [6.45, 7) is 5.27. The number of nitrogens with zero attached hydrogens (tertiary/aromatic N) is 2. The third kappa shape index (κ3) is 6.32. The highest BCUT2D eigenvalue weighted by atomic mass is 35.5. The molecule has 25 heavy (non-hydrogen) atoms. The number of sulfonamides is 1. The Hall–Kier alpha value is -1.04. The normalized spacial score (nSPS) is 15.1. The molecule has 1 fully saturated rings. The second kappa shape index (κ2) is 10.2. The lowest BCUT2D eigenvalue weighted by atomic mass is 10.2. The molecule has 1 aliphatic rings. The van der Waals surface area contributed by atoms with Gasteiger partial charge in [-0.3, -0.25) is 15.0 Å². The second-order valence-corrected chi connectivity index (χ2v) is 7.06. The van der Waals surface area contributed by atoms with Crippen molar-refractivity contribution in [3.8, 4) is 0 Å². The van der Waals surface area contributed by atoms with Crippen molar-refractivity contribution in [2.24, 2.45) is 0 Å². The van der Waals surface area contributed by atoms with Gasteiger partial charge in [-0.15, -0.1) is 24.8 Å². The minimum atomic E-state index is -3.99. The zero-order valence-corrected chi connectivity index (χ0v) is 16.0. The maximum absolute atomic E-state index is 13.7. The molecule has 2 N–H and O–H groups in total. The molecule has 0 atom stereocenters. The number of rotatable bonds is 6. The molecule has 1 aliphatic heterocycles. The highest BCUT2D eigenvalue weighted by Crippen LogP contribution is 2.25. The Morgan fingerprint density at radius 2 is 1.92 bits per heavy atom. The zero-order chi connectivity index (χ0) is 17.0. The number of nitro groups is 1. The van der Waals surface area contributed by atoms with E-state index < -0.39 is 31.3 Å². The molecule has 0 radical (unpaired) electrons. The number of halogens is 3. The van der Waals surface area contributed by atoms with E-state index in [1.807, 2.05) is 0 Å². The molecule has 0 bridgehead atoms. The minimum Gasteiger partial charge on any atom is -0.314 e. The van der Waals surface area contributed by atoms with E-state index in [4.69, 9.17) is 0 Å². The lowest BCUT2D eigenvalue weighted by molar-refractivity contribution is -0.385. The van der Waals surface area contributed by atoms with Gasteiger partial charge in [0.2, 0.25) is 10.0 Å². The van der Waals surface area contributed by atoms with E-state index in [1.54, 1.807) is 0 Å². The van der Waals surface area contributed by atoms with Crippen molar-refractivity contribution in [2.45, 2.75) is 11.8 Å². The molecular formula is C13H21Cl2FN4O4S. The van der Waals surface area contributed by atoms with Gasteiger partial charge in [0.1, 0.15) is 5.82 Å². The molecular weight excluding hydrogens is 398 g/mol. The Balaban J connectivity index is 0.00000288. The minimum absolute atomic E-state index is 0. The summed E-state index contributed by atoms with van der Waals surface area (Å²) in [5.74, 6) is -0.915. The average molecular weight is 419 g/mol. The van der Waals surface area contributed by atoms with E-state index in [0.717, 1.165) is 38.3 Å². The highest BCUT2D eigenvalue weighted by Gasteiger charge is 2.23. The summed E-state index contributed by atoms with van der Waals surface area (Å²) in [5, 5.41) is 14.1. The molecule has 0 saturated carbocycles. The van der Waals surface area contributed by atoms with Crippen LogP contribution in [0, 0.1) is 22.9 Å². The first-order valence-corrected chi connectivity index (χ1v) is 8.67. The predicted octanol–water partition coefficient (Wildman–Crippen LogP) is 1.07. The third-order valence-electron chi connectivity index (χ3n) is 3.73. The number of benzene rings is 1. The van der Waals surface area contributed by atoms with Crippen molar-refractivity contribution in [3.63, 3.8) is 0 Å². The molecule has 1 saturated heterocycles. The van der Waals surface area contributed by atoms with Crippen LogP contribution < -0.4 is 10.0 Å². The second-order valence-electron chi connectivity index (χ2n) is 5.30. The van der Waals surface area contributed by atoms with E-state index in [-0.39, 0.29) is 36.9 Å². The Morgan fingerprint density at radius 1 is 1.32 bits per heavy atom. The Labute approximate surface area is 158 Å². The van der Waals surface area contributed by atoms with E-state index in [0.29, 0.717) is 6.54 Å². The fourth-order valence-electron chi connectivity index (χ4n) is 2.34. The maximum atomic E-state index is 13.7. The molecule has 1 aromatic rings. The molecule has 0 aliphatic carbocycles. The van der Waals surface area contributed by atoms with Crippen LogP contribution in [0.2, 0.25) is 0 Å². The zero-order valence-electron chi connectivity index (χ0n) is 13.5. The van der Waals surface area contributed by atoms with E-state index in [9.17, 15) is 22.9 Å². The molecule has 2 rings (SSSR count). The summed E-state index contributed by atoms with van der Waals surface area (Å²) in [4.78, 5) is 11.7. The first-order valence-electron chi connectivity index (χ1n) is 7.18. The highest BCUT2D eigenvalue weighted by molar-refractivity contribution is 7.89. The number of nitro benzene ring substituents is 1. The van der Waals surface area contributed by atoms with Crippen LogP contribution in [0.25, 0.3) is 0 Å². The topological polar surface area (TPSA) is 105 Å². The fourth-order valence-corrected chi connectivity index (χ4v) is 3.39. The first kappa shape index (κ1) is 24.0. The van der Waals surface area contributed by atoms with Crippen LogP contribution in [0.5, 0.6) is 0 Å². The van der Waals surface area contributed by atoms with Crippen molar-refractivity contribution < 1.29 is 17.7 Å². The lowest BCUT2D eigenvalue weighted by Gasteiger charge is -2.27. The summed E-state index contributed by atoms with van der Waals surface area (Å²) in [5.41, 5.74) is -0.734. The standard InChI is InChI=1S/C13H19FN4O4S.2ClH/c1-10-12(14)8-11(9-13(10)18(19)20)23(21,22)16-4-7-17-5-2-15-3-6-17;;/h8-9,15-16H,2-7H2,1H3;2*1H. The molecule has 1 aromatic carbocycles. The molecule has 12 heteroatoms. The predicted molar refractivity (Wildman–Crippen MR) is 96.8 cm³/mol. The maximum Gasteiger partial charge on any atom is 0.276 e. The van der Waals surface area contributed by atoms with Crippen LogP contribution in [0.4, 0.5) is 10.1 Å². The number of hydrogen-bond acceptors (Lipinski definition) is 6. The molecule has 0 unspecified atom stereocenters. The van der Waals surface area contributed by atoms with Gasteiger partial charge in [-0.1, -0.05) is 0 Å². The Kier molecular flexibility index (Phi) is 9.77. The van der Waals surface area contributed by atoms with Gasteiger partial charge < -0.3 is 5.32 Å². The summed E-state index contributed by atoms with van der Waals surface area (Å²) in [7, 11) is -3.99. The van der Waals surface area contributed by atoms with Crippen LogP contribution in [0.1, 0.15) is 5.56 Å². The smallest absolute Gasteiger partial charge is 0.276 e. The largest absolute Gasteiger partial charge is 0.314 e. The van der Waals surface area contributed by atoms with Crippen molar-refractivity contribution in [1.29, 1.82) is 0 Å². The van der Waals surface area contributed by atoms with Gasteiger partial charge in [-0.2, -0.15) is 0 Å². The Morgan fingerprint density at radius 3 is 2.48 bits per heavy atom. The molecule has 0 aromatic heterocycles. The fraction of sp³-hybridized carbons (Fsp3) is 0.538. The molecule has 1 heterocycles. The number of nitrogens with one attached hydrogen (secondary N) is 2. The lowest BCUT2D eigenvalue weighted by Crippen LogP contribution is -2.46. The van der Waals surface area contributed by atoms with Crippen LogP contribution in [0.15, 0.2) is 17.0 Å². The molecule has 0 amide bonds. The van der Waals surface area contributed by atoms with Gasteiger partial charge >= 0.3 is 0 Å². The van der Waals surface area contributed by atoms with E-state index in [2.05, 4.69) is 14.9 Å². The van der Waals surface area contributed by atoms with Gasteiger partial charge in [0.15, 0.2) is 0 Å². The van der Waals surface area contributed by atoms with Gasteiger partial charge in [-0.05, 0) is 13.0 Å². The van der Waals surface area contributed by atoms with E-state index >= 15 is 0 Å². The van der Waals surface area contributed by atoms with Crippen molar-refractivity contribution >= 4 is 40.5 Å². The third-order valence-corrected chi connectivity index (χ3v) is 5.17. The molecule has 8 nitrogen and oxygen atoms in total. The van der Waals surface area contributed by atoms with Gasteiger partial charge in [0, 0.05) is 45.3 Å². The average Bonchev–Trinajstić information content (AvgIpc) is 2.50. The summed E-state index contributed by atoms with van der Waals surface area (Å²) >= 11 is 0. The summed E-state index contributed by atoms with van der Waals surface area (Å²) < 4.78 is 40.4. The summed E-state index contributed by atoms with van der Waals surface area (Å²) in [6, 6.07) is 1.68. The monoisotopic (exact) mass is 418 g/mol. The van der Waals surface area contributed by atoms with Gasteiger partial charge in [0.25, 0.3) is 5.69 Å². The first-order chi connectivity index (χ1) is 10.8. The van der Waals surface area contributed by atoms with Gasteiger partial charge in [0.05, 0.1) is 15.4 Å². The molecule has 0 spiro atoms. The van der Waals surface area contributed by atoms with Crippen molar-refractivity contribution in [3.05, 3.63) is 33.6 Å². The van der Waals surface area contributed by atoms with Crippen molar-refractivity contribution in [1.82, 2.24) is 14.9 Å². The number of piperazine rings is 1.